The summed E-state index contributed by atoms with van der Waals surface area (Å²) >= 11 is 0. The molecule has 1 aromatic rings. The number of carbonyl (C=O) groups excluding carboxylic acids is 1. The number of rotatable bonds is 4. The summed E-state index contributed by atoms with van der Waals surface area (Å²) in [4.78, 5) is 16.0. The molecule has 2 aliphatic carbocycles. The lowest BCUT2D eigenvalue weighted by Gasteiger charge is -2.59. The van der Waals surface area contributed by atoms with E-state index in [1.807, 2.05) is 6.92 Å². The van der Waals surface area contributed by atoms with Crippen molar-refractivity contribution in [2.24, 2.45) is 12.5 Å². The van der Waals surface area contributed by atoms with Gasteiger partial charge in [-0.05, 0) is 19.8 Å². The van der Waals surface area contributed by atoms with E-state index in [4.69, 9.17) is 9.47 Å². The first kappa shape index (κ1) is 12.7. The highest BCUT2D eigenvalue weighted by Gasteiger charge is 2.61. The van der Waals surface area contributed by atoms with Gasteiger partial charge < -0.3 is 14.0 Å². The maximum atomic E-state index is 12.1. The van der Waals surface area contributed by atoms with Gasteiger partial charge in [-0.1, -0.05) is 6.42 Å². The van der Waals surface area contributed by atoms with Gasteiger partial charge >= 0.3 is 5.97 Å². The van der Waals surface area contributed by atoms with E-state index < -0.39 is 0 Å². The Morgan fingerprint density at radius 3 is 2.84 bits per heavy atom. The van der Waals surface area contributed by atoms with Crippen molar-refractivity contribution in [2.45, 2.75) is 44.8 Å². The lowest BCUT2D eigenvalue weighted by molar-refractivity contribution is -0.225. The minimum atomic E-state index is -0.272. The third-order valence-corrected chi connectivity index (χ3v) is 4.64. The smallest absolute Gasteiger partial charge is 0.356 e. The van der Waals surface area contributed by atoms with Crippen LogP contribution in [0.1, 0.15) is 43.1 Å². The van der Waals surface area contributed by atoms with Crippen LogP contribution >= 0.6 is 0 Å². The quantitative estimate of drug-likeness (QED) is 0.780. The molecule has 0 N–H and O–H groups in total. The van der Waals surface area contributed by atoms with Gasteiger partial charge in [0.15, 0.2) is 0 Å². The molecule has 1 spiro atoms. The molecule has 0 unspecified atom stereocenters. The second kappa shape index (κ2) is 4.63. The topological polar surface area (TPSA) is 53.4 Å². The highest BCUT2D eigenvalue weighted by atomic mass is 16.6. The van der Waals surface area contributed by atoms with Gasteiger partial charge in [-0.15, -0.1) is 0 Å². The molecule has 0 aliphatic heterocycles. The normalized spacial score (nSPS) is 27.7. The van der Waals surface area contributed by atoms with E-state index in [1.54, 1.807) is 24.1 Å². The molecule has 2 atom stereocenters. The minimum absolute atomic E-state index is 0.0141. The van der Waals surface area contributed by atoms with Crippen molar-refractivity contribution in [1.29, 1.82) is 0 Å². The molecule has 2 saturated carbocycles. The number of aromatic nitrogens is 2. The van der Waals surface area contributed by atoms with Crippen LogP contribution in [-0.4, -0.2) is 34.3 Å². The highest BCUT2D eigenvalue weighted by Crippen LogP contribution is 2.58. The number of esters is 1. The van der Waals surface area contributed by atoms with Gasteiger partial charge in [-0.25, -0.2) is 9.78 Å². The van der Waals surface area contributed by atoms with Gasteiger partial charge in [0.2, 0.25) is 0 Å². The largest absolute Gasteiger partial charge is 0.457 e. The van der Waals surface area contributed by atoms with Crippen molar-refractivity contribution in [2.75, 3.05) is 6.61 Å². The highest BCUT2D eigenvalue weighted by molar-refractivity contribution is 5.87. The molecule has 2 aliphatic rings. The first-order chi connectivity index (χ1) is 9.17. The zero-order valence-electron chi connectivity index (χ0n) is 11.5. The van der Waals surface area contributed by atoms with Crippen molar-refractivity contribution in [1.82, 2.24) is 9.55 Å². The molecule has 1 aromatic heterocycles. The van der Waals surface area contributed by atoms with Gasteiger partial charge in [-0.3, -0.25) is 0 Å². The van der Waals surface area contributed by atoms with E-state index in [0.29, 0.717) is 5.69 Å². The fraction of sp³-hybridized carbons (Fsp3) is 0.714. The third-order valence-electron chi connectivity index (χ3n) is 4.64. The number of imidazole rings is 1. The Morgan fingerprint density at radius 2 is 2.32 bits per heavy atom. The van der Waals surface area contributed by atoms with Gasteiger partial charge in [0.1, 0.15) is 11.8 Å². The summed E-state index contributed by atoms with van der Waals surface area (Å²) in [5.41, 5.74) is 0.610. The average molecular weight is 264 g/mol. The van der Waals surface area contributed by atoms with Crippen LogP contribution in [-0.2, 0) is 16.5 Å². The number of hydrogen-bond acceptors (Lipinski definition) is 4. The Bertz CT molecular complexity index is 479. The summed E-state index contributed by atoms with van der Waals surface area (Å²) in [5, 5.41) is 0. The first-order valence-corrected chi connectivity index (χ1v) is 6.96. The zero-order chi connectivity index (χ0) is 13.5. The number of nitrogens with zero attached hydrogens (tertiary/aromatic N) is 2. The molecule has 0 saturated heterocycles. The first-order valence-electron chi connectivity index (χ1n) is 6.96. The predicted molar refractivity (Wildman–Crippen MR) is 68.7 cm³/mol. The van der Waals surface area contributed by atoms with Crippen LogP contribution in [0.4, 0.5) is 0 Å². The van der Waals surface area contributed by atoms with E-state index in [2.05, 4.69) is 4.98 Å². The second-order valence-corrected chi connectivity index (χ2v) is 5.55. The average Bonchev–Trinajstić information content (AvgIpc) is 2.71. The predicted octanol–water partition coefficient (Wildman–Crippen LogP) is 1.92. The standard InChI is InChI=1S/C14H20N2O3/c1-3-18-11-7-12(14(11)5-4-6-14)19-13(17)10-8-15-9-16(10)2/h8-9,11-12H,3-7H2,1-2H3/t11-,12-/m0/s1. The summed E-state index contributed by atoms with van der Waals surface area (Å²) in [7, 11) is 1.80. The number of aryl methyl sites for hydroxylation is 1. The Balaban J connectivity index is 1.65. The third kappa shape index (κ3) is 1.87. The van der Waals surface area contributed by atoms with Crippen LogP contribution in [0.5, 0.6) is 0 Å². The molecular weight excluding hydrogens is 244 g/mol. The molecule has 1 heterocycles. The molecule has 0 aromatic carbocycles. The van der Waals surface area contributed by atoms with E-state index in [-0.39, 0.29) is 23.6 Å². The summed E-state index contributed by atoms with van der Waals surface area (Å²) in [5.74, 6) is -0.272. The van der Waals surface area contributed by atoms with Gasteiger partial charge in [0.25, 0.3) is 0 Å². The molecule has 2 fully saturated rings. The van der Waals surface area contributed by atoms with Crippen LogP contribution in [0.2, 0.25) is 0 Å². The molecule has 0 bridgehead atoms. The van der Waals surface area contributed by atoms with Crippen LogP contribution in [0.15, 0.2) is 12.5 Å². The lowest BCUT2D eigenvalue weighted by Crippen LogP contribution is -2.63. The fourth-order valence-electron chi connectivity index (χ4n) is 3.28. The van der Waals surface area contributed by atoms with Crippen molar-refractivity contribution >= 4 is 5.97 Å². The Kier molecular flexibility index (Phi) is 3.09. The van der Waals surface area contributed by atoms with Crippen LogP contribution < -0.4 is 0 Å². The van der Waals surface area contributed by atoms with Gasteiger partial charge in [-0.2, -0.15) is 0 Å². The summed E-state index contributed by atoms with van der Waals surface area (Å²) in [6.07, 6.45) is 7.72. The molecule has 0 amide bonds. The van der Waals surface area contributed by atoms with Crippen LogP contribution in [0, 0.1) is 5.41 Å². The van der Waals surface area contributed by atoms with E-state index in [0.717, 1.165) is 25.9 Å². The van der Waals surface area contributed by atoms with E-state index in [1.165, 1.54) is 6.42 Å². The molecular formula is C14H20N2O3. The Hall–Kier alpha value is -1.36. The number of ether oxygens (including phenoxy) is 2. The molecule has 19 heavy (non-hydrogen) atoms. The minimum Gasteiger partial charge on any atom is -0.457 e. The molecule has 3 rings (SSSR count). The van der Waals surface area contributed by atoms with Gasteiger partial charge in [0, 0.05) is 25.5 Å². The summed E-state index contributed by atoms with van der Waals surface area (Å²) in [6, 6.07) is 0. The molecule has 5 nitrogen and oxygen atoms in total. The fourth-order valence-corrected chi connectivity index (χ4v) is 3.28. The number of carbonyl (C=O) groups is 1. The lowest BCUT2D eigenvalue weighted by atomic mass is 9.52. The summed E-state index contributed by atoms with van der Waals surface area (Å²) in [6.45, 7) is 2.75. The van der Waals surface area contributed by atoms with E-state index in [9.17, 15) is 4.79 Å². The zero-order valence-corrected chi connectivity index (χ0v) is 11.5. The van der Waals surface area contributed by atoms with Crippen molar-refractivity contribution in [3.63, 3.8) is 0 Å². The van der Waals surface area contributed by atoms with Crippen molar-refractivity contribution in [3.05, 3.63) is 18.2 Å². The van der Waals surface area contributed by atoms with Crippen LogP contribution in [0.3, 0.4) is 0 Å². The maximum Gasteiger partial charge on any atom is 0.356 e. The SMILES string of the molecule is CCO[C@H]1C[C@H](OC(=O)c2cncn2C)C12CCC2. The Labute approximate surface area is 112 Å². The van der Waals surface area contributed by atoms with E-state index >= 15 is 0 Å². The summed E-state index contributed by atoms with van der Waals surface area (Å²) < 4.78 is 13.1. The van der Waals surface area contributed by atoms with Gasteiger partial charge in [0.05, 0.1) is 18.6 Å². The monoisotopic (exact) mass is 264 g/mol. The molecule has 0 radical (unpaired) electrons. The second-order valence-electron chi connectivity index (χ2n) is 5.55. The maximum absolute atomic E-state index is 12.1. The van der Waals surface area contributed by atoms with Crippen molar-refractivity contribution < 1.29 is 14.3 Å². The Morgan fingerprint density at radius 1 is 1.53 bits per heavy atom. The molecule has 5 heteroatoms. The van der Waals surface area contributed by atoms with Crippen molar-refractivity contribution in [3.8, 4) is 0 Å². The van der Waals surface area contributed by atoms with Crippen LogP contribution in [0.25, 0.3) is 0 Å². The molecule has 104 valence electrons. The number of hydrogen-bond donors (Lipinski definition) is 0.